The van der Waals surface area contributed by atoms with Gasteiger partial charge in [0, 0.05) is 11.1 Å². The van der Waals surface area contributed by atoms with Crippen LogP contribution in [0.15, 0.2) is 48.5 Å². The first-order chi connectivity index (χ1) is 11.0. The van der Waals surface area contributed by atoms with Crippen molar-refractivity contribution < 1.29 is 14.3 Å². The van der Waals surface area contributed by atoms with Crippen molar-refractivity contribution in [2.75, 3.05) is 0 Å². The maximum Gasteiger partial charge on any atom is 0.269 e. The van der Waals surface area contributed by atoms with E-state index in [0.29, 0.717) is 16.9 Å². The summed E-state index contributed by atoms with van der Waals surface area (Å²) in [6.45, 7) is 5.70. The maximum absolute atomic E-state index is 12.0. The number of benzene rings is 2. The number of amides is 2. The Balaban J connectivity index is 1.94. The molecular formula is C18H20N2O3. The molecule has 2 aromatic carbocycles. The summed E-state index contributed by atoms with van der Waals surface area (Å²) < 4.78 is 5.52. The fourth-order valence-electron chi connectivity index (χ4n) is 2.04. The fraction of sp³-hybridized carbons (Fsp3) is 0.222. The summed E-state index contributed by atoms with van der Waals surface area (Å²) in [6.07, 6.45) is 0.0723. The molecule has 120 valence electrons. The highest BCUT2D eigenvalue weighted by Gasteiger charge is 2.10. The maximum atomic E-state index is 12.0. The Kier molecular flexibility index (Phi) is 5.36. The summed E-state index contributed by atoms with van der Waals surface area (Å²) in [5.74, 6) is -0.0419. The first-order valence-electron chi connectivity index (χ1n) is 7.40. The molecule has 5 nitrogen and oxygen atoms in total. The average Bonchev–Trinajstić information content (AvgIpc) is 2.53. The van der Waals surface area contributed by atoms with Gasteiger partial charge in [-0.1, -0.05) is 18.2 Å². The Morgan fingerprint density at radius 2 is 1.52 bits per heavy atom. The van der Waals surface area contributed by atoms with E-state index in [0.717, 1.165) is 5.56 Å². The third-order valence-corrected chi connectivity index (χ3v) is 3.17. The number of carbonyl (C=O) groups is 2. The Morgan fingerprint density at radius 1 is 0.913 bits per heavy atom. The van der Waals surface area contributed by atoms with Crippen LogP contribution in [-0.2, 0) is 0 Å². The zero-order valence-electron chi connectivity index (χ0n) is 13.4. The predicted molar refractivity (Wildman–Crippen MR) is 88.3 cm³/mol. The largest absolute Gasteiger partial charge is 0.491 e. The number of aryl methyl sites for hydroxylation is 1. The van der Waals surface area contributed by atoms with Gasteiger partial charge in [0.25, 0.3) is 11.8 Å². The van der Waals surface area contributed by atoms with Gasteiger partial charge in [-0.05, 0) is 56.7 Å². The Bertz CT molecular complexity index is 694. The first kappa shape index (κ1) is 16.5. The van der Waals surface area contributed by atoms with E-state index >= 15 is 0 Å². The number of rotatable bonds is 4. The van der Waals surface area contributed by atoms with Gasteiger partial charge in [-0.25, -0.2) is 0 Å². The highest BCUT2D eigenvalue weighted by molar-refractivity contribution is 5.99. The standard InChI is InChI=1S/C18H20N2O3/c1-12(2)23-15-10-8-14(9-11-15)17(21)19-20-18(22)16-7-5-4-6-13(16)3/h4-12H,1-3H3,(H,19,21)(H,20,22). The number of carbonyl (C=O) groups excluding carboxylic acids is 2. The van der Waals surface area contributed by atoms with E-state index in [1.807, 2.05) is 32.9 Å². The Labute approximate surface area is 135 Å². The number of ether oxygens (including phenoxy) is 1. The van der Waals surface area contributed by atoms with Crippen LogP contribution in [0.1, 0.15) is 40.1 Å². The van der Waals surface area contributed by atoms with Crippen LogP contribution in [0.4, 0.5) is 0 Å². The van der Waals surface area contributed by atoms with Crippen molar-refractivity contribution >= 4 is 11.8 Å². The molecular weight excluding hydrogens is 292 g/mol. The Hall–Kier alpha value is -2.82. The average molecular weight is 312 g/mol. The van der Waals surface area contributed by atoms with Gasteiger partial charge >= 0.3 is 0 Å². The van der Waals surface area contributed by atoms with E-state index in [1.165, 1.54) is 0 Å². The van der Waals surface area contributed by atoms with Crippen LogP contribution in [-0.4, -0.2) is 17.9 Å². The molecule has 2 N–H and O–H groups in total. The lowest BCUT2D eigenvalue weighted by atomic mass is 10.1. The van der Waals surface area contributed by atoms with Crippen molar-refractivity contribution in [1.29, 1.82) is 0 Å². The molecule has 0 unspecified atom stereocenters. The molecule has 2 aromatic rings. The van der Waals surface area contributed by atoms with Gasteiger partial charge in [-0.15, -0.1) is 0 Å². The molecule has 0 fully saturated rings. The molecule has 0 spiro atoms. The third kappa shape index (κ3) is 4.57. The summed E-state index contributed by atoms with van der Waals surface area (Å²) in [7, 11) is 0. The minimum atomic E-state index is -0.386. The number of nitrogens with one attached hydrogen (secondary N) is 2. The second-order valence-electron chi connectivity index (χ2n) is 5.41. The minimum absolute atomic E-state index is 0.0723. The van der Waals surface area contributed by atoms with Crippen molar-refractivity contribution in [2.45, 2.75) is 26.9 Å². The van der Waals surface area contributed by atoms with Crippen LogP contribution < -0.4 is 15.6 Å². The SMILES string of the molecule is Cc1ccccc1C(=O)NNC(=O)c1ccc(OC(C)C)cc1. The van der Waals surface area contributed by atoms with E-state index in [1.54, 1.807) is 36.4 Å². The van der Waals surface area contributed by atoms with E-state index in [2.05, 4.69) is 10.9 Å². The highest BCUT2D eigenvalue weighted by atomic mass is 16.5. The lowest BCUT2D eigenvalue weighted by Crippen LogP contribution is -2.41. The second kappa shape index (κ2) is 7.45. The molecule has 0 atom stereocenters. The van der Waals surface area contributed by atoms with E-state index in [-0.39, 0.29) is 17.9 Å². The predicted octanol–water partition coefficient (Wildman–Crippen LogP) is 2.86. The number of hydrazine groups is 1. The number of hydrogen-bond acceptors (Lipinski definition) is 3. The highest BCUT2D eigenvalue weighted by Crippen LogP contribution is 2.13. The van der Waals surface area contributed by atoms with Crippen molar-refractivity contribution in [1.82, 2.24) is 10.9 Å². The molecule has 23 heavy (non-hydrogen) atoms. The molecule has 0 aliphatic rings. The minimum Gasteiger partial charge on any atom is -0.491 e. The summed E-state index contributed by atoms with van der Waals surface area (Å²) in [4.78, 5) is 24.1. The normalized spacial score (nSPS) is 10.3. The molecule has 0 heterocycles. The summed E-state index contributed by atoms with van der Waals surface area (Å²) in [6, 6.07) is 13.9. The van der Waals surface area contributed by atoms with Crippen molar-refractivity contribution in [3.8, 4) is 5.75 Å². The first-order valence-corrected chi connectivity index (χ1v) is 7.40. The van der Waals surface area contributed by atoms with Gasteiger partial charge in [-0.2, -0.15) is 0 Å². The van der Waals surface area contributed by atoms with Crippen LogP contribution in [0, 0.1) is 6.92 Å². The van der Waals surface area contributed by atoms with Gasteiger partial charge < -0.3 is 4.74 Å². The van der Waals surface area contributed by atoms with E-state index in [9.17, 15) is 9.59 Å². The molecule has 0 saturated heterocycles. The summed E-state index contributed by atoms with van der Waals surface area (Å²) >= 11 is 0. The fourth-order valence-corrected chi connectivity index (χ4v) is 2.04. The molecule has 0 aliphatic carbocycles. The van der Waals surface area contributed by atoms with E-state index in [4.69, 9.17) is 4.74 Å². The zero-order chi connectivity index (χ0) is 16.8. The topological polar surface area (TPSA) is 67.4 Å². The van der Waals surface area contributed by atoms with Gasteiger partial charge in [0.2, 0.25) is 0 Å². The molecule has 0 bridgehead atoms. The van der Waals surface area contributed by atoms with Gasteiger partial charge in [0.05, 0.1) is 6.10 Å². The molecule has 2 rings (SSSR count). The third-order valence-electron chi connectivity index (χ3n) is 3.17. The molecule has 5 heteroatoms. The van der Waals surface area contributed by atoms with Crippen LogP contribution in [0.3, 0.4) is 0 Å². The zero-order valence-corrected chi connectivity index (χ0v) is 13.4. The molecule has 0 radical (unpaired) electrons. The van der Waals surface area contributed by atoms with Crippen LogP contribution in [0.2, 0.25) is 0 Å². The quantitative estimate of drug-likeness (QED) is 0.853. The lowest BCUT2D eigenvalue weighted by molar-refractivity contribution is 0.0846. The lowest BCUT2D eigenvalue weighted by Gasteiger charge is -2.11. The van der Waals surface area contributed by atoms with Crippen LogP contribution in [0.25, 0.3) is 0 Å². The van der Waals surface area contributed by atoms with Crippen molar-refractivity contribution in [2.24, 2.45) is 0 Å². The summed E-state index contributed by atoms with van der Waals surface area (Å²) in [5.41, 5.74) is 6.62. The monoisotopic (exact) mass is 312 g/mol. The van der Waals surface area contributed by atoms with Gasteiger partial charge in [0.15, 0.2) is 0 Å². The van der Waals surface area contributed by atoms with Gasteiger partial charge in [0.1, 0.15) is 5.75 Å². The van der Waals surface area contributed by atoms with E-state index < -0.39 is 0 Å². The molecule has 0 aliphatic heterocycles. The van der Waals surface area contributed by atoms with Crippen LogP contribution in [0.5, 0.6) is 5.75 Å². The van der Waals surface area contributed by atoms with Crippen LogP contribution >= 0.6 is 0 Å². The summed E-state index contributed by atoms with van der Waals surface area (Å²) in [5, 5.41) is 0. The van der Waals surface area contributed by atoms with Gasteiger partial charge in [-0.3, -0.25) is 20.4 Å². The molecule has 0 saturated carbocycles. The second-order valence-corrected chi connectivity index (χ2v) is 5.41. The molecule has 0 aromatic heterocycles. The van der Waals surface area contributed by atoms with Crippen molar-refractivity contribution in [3.05, 3.63) is 65.2 Å². The van der Waals surface area contributed by atoms with Crippen molar-refractivity contribution in [3.63, 3.8) is 0 Å². The number of hydrogen-bond donors (Lipinski definition) is 2. The Morgan fingerprint density at radius 3 is 2.13 bits per heavy atom. The smallest absolute Gasteiger partial charge is 0.269 e. The molecule has 2 amide bonds.